The molecule has 0 fully saturated rings. The van der Waals surface area contributed by atoms with Crippen molar-refractivity contribution in [3.8, 4) is 5.75 Å². The smallest absolute Gasteiger partial charge is 0.266 e. The Kier molecular flexibility index (Phi) is 3.21. The number of rotatable bonds is 2. The van der Waals surface area contributed by atoms with Crippen LogP contribution in [0, 0.1) is 13.8 Å². The SMILES string of the molecule is Cc1cn(C(=O)CC2Oc3ccccc3NC2=O)nc1C. The van der Waals surface area contributed by atoms with Gasteiger partial charge < -0.3 is 10.1 Å². The maximum atomic E-state index is 12.2. The van der Waals surface area contributed by atoms with Crippen LogP contribution in [0.25, 0.3) is 0 Å². The normalized spacial score (nSPS) is 16.9. The minimum Gasteiger partial charge on any atom is -0.478 e. The first-order chi connectivity index (χ1) is 10.0. The number of nitrogens with one attached hydrogen (secondary N) is 1. The number of fused-ring (bicyclic) bond motifs is 1. The van der Waals surface area contributed by atoms with E-state index in [1.54, 1.807) is 18.3 Å². The van der Waals surface area contributed by atoms with Crippen LogP contribution in [0.2, 0.25) is 0 Å². The van der Waals surface area contributed by atoms with Crippen LogP contribution in [0.4, 0.5) is 5.69 Å². The maximum absolute atomic E-state index is 12.2. The van der Waals surface area contributed by atoms with Crippen molar-refractivity contribution in [1.29, 1.82) is 0 Å². The molecule has 0 aliphatic carbocycles. The number of para-hydroxylation sites is 2. The highest BCUT2D eigenvalue weighted by Gasteiger charge is 2.30. The molecule has 1 aliphatic rings. The van der Waals surface area contributed by atoms with E-state index in [0.717, 1.165) is 11.3 Å². The van der Waals surface area contributed by atoms with Crippen LogP contribution < -0.4 is 10.1 Å². The summed E-state index contributed by atoms with van der Waals surface area (Å²) in [6.07, 6.45) is 0.768. The first kappa shape index (κ1) is 13.4. The molecule has 1 aromatic heterocycles. The zero-order chi connectivity index (χ0) is 15.0. The fourth-order valence-corrected chi connectivity index (χ4v) is 2.15. The Hall–Kier alpha value is -2.63. The van der Waals surface area contributed by atoms with E-state index in [9.17, 15) is 9.59 Å². The number of aromatic nitrogens is 2. The molecular weight excluding hydrogens is 270 g/mol. The Morgan fingerprint density at radius 3 is 2.86 bits per heavy atom. The van der Waals surface area contributed by atoms with E-state index in [2.05, 4.69) is 10.4 Å². The van der Waals surface area contributed by atoms with Crippen molar-refractivity contribution in [1.82, 2.24) is 9.78 Å². The molecule has 6 heteroatoms. The molecule has 2 aromatic rings. The topological polar surface area (TPSA) is 73.2 Å². The highest BCUT2D eigenvalue weighted by Crippen LogP contribution is 2.29. The van der Waals surface area contributed by atoms with Gasteiger partial charge in [-0.2, -0.15) is 5.10 Å². The molecule has 0 bridgehead atoms. The molecule has 1 N–H and O–H groups in total. The van der Waals surface area contributed by atoms with Gasteiger partial charge in [0.2, 0.25) is 0 Å². The summed E-state index contributed by atoms with van der Waals surface area (Å²) < 4.78 is 6.87. The summed E-state index contributed by atoms with van der Waals surface area (Å²) in [4.78, 5) is 24.2. The second-order valence-corrected chi connectivity index (χ2v) is 5.03. The van der Waals surface area contributed by atoms with Crippen LogP contribution in [0.15, 0.2) is 30.5 Å². The second-order valence-electron chi connectivity index (χ2n) is 5.03. The van der Waals surface area contributed by atoms with Crippen molar-refractivity contribution in [3.63, 3.8) is 0 Å². The maximum Gasteiger partial charge on any atom is 0.266 e. The minimum absolute atomic E-state index is 0.0548. The van der Waals surface area contributed by atoms with E-state index in [1.807, 2.05) is 26.0 Å². The van der Waals surface area contributed by atoms with Gasteiger partial charge in [0.05, 0.1) is 17.8 Å². The molecule has 0 spiro atoms. The Morgan fingerprint density at radius 1 is 1.38 bits per heavy atom. The minimum atomic E-state index is -0.836. The quantitative estimate of drug-likeness (QED) is 0.915. The fourth-order valence-electron chi connectivity index (χ4n) is 2.15. The third-order valence-corrected chi connectivity index (χ3v) is 3.47. The van der Waals surface area contributed by atoms with Crippen molar-refractivity contribution in [3.05, 3.63) is 41.7 Å². The highest BCUT2D eigenvalue weighted by atomic mass is 16.5. The van der Waals surface area contributed by atoms with Gasteiger partial charge in [0.1, 0.15) is 5.75 Å². The lowest BCUT2D eigenvalue weighted by molar-refractivity contribution is -0.123. The zero-order valence-corrected chi connectivity index (χ0v) is 11.8. The van der Waals surface area contributed by atoms with E-state index in [0.29, 0.717) is 11.4 Å². The summed E-state index contributed by atoms with van der Waals surface area (Å²) in [6, 6.07) is 7.14. The van der Waals surface area contributed by atoms with E-state index in [-0.39, 0.29) is 18.2 Å². The molecule has 0 radical (unpaired) electrons. The van der Waals surface area contributed by atoms with Gasteiger partial charge in [-0.3, -0.25) is 9.59 Å². The Bertz CT molecular complexity index is 701. The lowest BCUT2D eigenvalue weighted by atomic mass is 10.1. The van der Waals surface area contributed by atoms with Gasteiger partial charge in [-0.15, -0.1) is 0 Å². The summed E-state index contributed by atoms with van der Waals surface area (Å²) in [5, 5.41) is 6.86. The van der Waals surface area contributed by atoms with Gasteiger partial charge in [0, 0.05) is 6.20 Å². The largest absolute Gasteiger partial charge is 0.478 e. The van der Waals surface area contributed by atoms with E-state index in [1.165, 1.54) is 4.68 Å². The highest BCUT2D eigenvalue weighted by molar-refractivity contribution is 6.00. The van der Waals surface area contributed by atoms with Crippen molar-refractivity contribution < 1.29 is 14.3 Å². The van der Waals surface area contributed by atoms with Gasteiger partial charge in [0.25, 0.3) is 11.8 Å². The summed E-state index contributed by atoms with van der Waals surface area (Å²) in [5.74, 6) is -0.0175. The number of carbonyl (C=O) groups is 2. The van der Waals surface area contributed by atoms with Gasteiger partial charge in [0.15, 0.2) is 6.10 Å². The van der Waals surface area contributed by atoms with Crippen molar-refractivity contribution in [2.45, 2.75) is 26.4 Å². The Balaban J connectivity index is 1.76. The molecule has 1 atom stereocenters. The van der Waals surface area contributed by atoms with Gasteiger partial charge in [-0.1, -0.05) is 12.1 Å². The predicted octanol–water partition coefficient (Wildman–Crippen LogP) is 1.93. The molecule has 0 saturated heterocycles. The third kappa shape index (κ3) is 2.52. The lowest BCUT2D eigenvalue weighted by Gasteiger charge is -2.25. The summed E-state index contributed by atoms with van der Waals surface area (Å²) in [6.45, 7) is 3.71. The number of nitrogens with zero attached hydrogens (tertiary/aromatic N) is 2. The predicted molar refractivity (Wildman–Crippen MR) is 76.4 cm³/mol. The van der Waals surface area contributed by atoms with E-state index < -0.39 is 6.10 Å². The first-order valence-corrected chi connectivity index (χ1v) is 6.67. The molecule has 3 rings (SSSR count). The van der Waals surface area contributed by atoms with Crippen molar-refractivity contribution >= 4 is 17.5 Å². The number of aryl methyl sites for hydroxylation is 2. The van der Waals surface area contributed by atoms with Crippen LogP contribution in [0.1, 0.15) is 22.5 Å². The Morgan fingerprint density at radius 2 is 2.14 bits per heavy atom. The average Bonchev–Trinajstić information content (AvgIpc) is 2.79. The molecule has 0 saturated carbocycles. The van der Waals surface area contributed by atoms with E-state index in [4.69, 9.17) is 4.74 Å². The van der Waals surface area contributed by atoms with Crippen molar-refractivity contribution in [2.24, 2.45) is 0 Å². The van der Waals surface area contributed by atoms with Crippen LogP contribution in [0.5, 0.6) is 5.75 Å². The number of benzene rings is 1. The van der Waals surface area contributed by atoms with Crippen molar-refractivity contribution in [2.75, 3.05) is 5.32 Å². The molecule has 1 amide bonds. The lowest BCUT2D eigenvalue weighted by Crippen LogP contribution is -2.39. The van der Waals surface area contributed by atoms with Crippen LogP contribution in [-0.4, -0.2) is 27.7 Å². The zero-order valence-electron chi connectivity index (χ0n) is 11.8. The summed E-state index contributed by atoms with van der Waals surface area (Å²) in [5.41, 5.74) is 2.35. The van der Waals surface area contributed by atoms with Crippen LogP contribution in [-0.2, 0) is 4.79 Å². The number of carbonyl (C=O) groups excluding carboxylic acids is 2. The molecule has 6 nitrogen and oxygen atoms in total. The molecule has 1 aliphatic heterocycles. The number of amides is 1. The first-order valence-electron chi connectivity index (χ1n) is 6.67. The second kappa shape index (κ2) is 5.05. The van der Waals surface area contributed by atoms with Gasteiger partial charge in [-0.25, -0.2) is 4.68 Å². The molecule has 2 heterocycles. The fraction of sp³-hybridized carbons (Fsp3) is 0.267. The van der Waals surface area contributed by atoms with Crippen LogP contribution in [0.3, 0.4) is 0 Å². The molecular formula is C15H15N3O3. The molecule has 108 valence electrons. The molecule has 1 unspecified atom stereocenters. The number of hydrogen-bond acceptors (Lipinski definition) is 4. The standard InChI is InChI=1S/C15H15N3O3/c1-9-8-18(17-10(9)2)14(19)7-13-15(20)16-11-5-3-4-6-12(11)21-13/h3-6,8,13H,7H2,1-2H3,(H,16,20). The third-order valence-electron chi connectivity index (χ3n) is 3.47. The monoisotopic (exact) mass is 285 g/mol. The summed E-state index contributed by atoms with van der Waals surface area (Å²) >= 11 is 0. The number of hydrogen-bond donors (Lipinski definition) is 1. The van der Waals surface area contributed by atoms with E-state index >= 15 is 0 Å². The summed E-state index contributed by atoms with van der Waals surface area (Å²) in [7, 11) is 0. The van der Waals surface area contributed by atoms with Gasteiger partial charge in [-0.05, 0) is 31.5 Å². The molecule has 21 heavy (non-hydrogen) atoms. The number of ether oxygens (including phenoxy) is 1. The average molecular weight is 285 g/mol. The van der Waals surface area contributed by atoms with Gasteiger partial charge >= 0.3 is 0 Å². The van der Waals surface area contributed by atoms with Crippen LogP contribution >= 0.6 is 0 Å². The Labute approximate surface area is 121 Å². The molecule has 1 aromatic carbocycles. The number of anilines is 1.